The molecule has 2 unspecified atom stereocenters. The summed E-state index contributed by atoms with van der Waals surface area (Å²) in [5.74, 6) is -0.448. The lowest BCUT2D eigenvalue weighted by atomic mass is 9.78. The van der Waals surface area contributed by atoms with Crippen LogP contribution in [-0.2, 0) is 17.4 Å². The zero-order valence-electron chi connectivity index (χ0n) is 20.9. The van der Waals surface area contributed by atoms with Crippen molar-refractivity contribution in [3.05, 3.63) is 41.5 Å². The molecule has 0 aromatic heterocycles. The van der Waals surface area contributed by atoms with Gasteiger partial charge in [0, 0.05) is 18.6 Å². The highest BCUT2D eigenvalue weighted by atomic mass is 19.4. The predicted octanol–water partition coefficient (Wildman–Crippen LogP) is 7.08. The Labute approximate surface area is 210 Å². The van der Waals surface area contributed by atoms with Crippen LogP contribution in [0.15, 0.2) is 30.3 Å². The first-order valence-electron chi connectivity index (χ1n) is 13.5. The Hall–Kier alpha value is -2.28. The molecule has 7 heteroatoms. The van der Waals surface area contributed by atoms with Gasteiger partial charge in [0.1, 0.15) is 11.3 Å². The van der Waals surface area contributed by atoms with E-state index in [2.05, 4.69) is 11.8 Å². The van der Waals surface area contributed by atoms with Gasteiger partial charge in [-0.2, -0.15) is 13.2 Å². The molecule has 1 aliphatic carbocycles. The number of carboxylic acids is 1. The van der Waals surface area contributed by atoms with E-state index in [1.807, 2.05) is 6.07 Å². The standard InChI is InChI=1S/C29H36F3NO3/c1-18-5-10-24(11-6-18)36-26-12-9-20-8-7-19(15-25(20)27(26)29(30,31)32)13-14-33-22-3-2-4-23(33)17-21(16-22)28(34)35/h7-9,12,15,18,21-24H,2-6,10-11,13-14,16-17H2,1H3,(H,34,35)/t18?,21?,22-,23?,24?/m0/s1. The van der Waals surface area contributed by atoms with Crippen LogP contribution in [0.25, 0.3) is 10.8 Å². The summed E-state index contributed by atoms with van der Waals surface area (Å²) in [6, 6.07) is 9.11. The molecule has 2 aromatic carbocycles. The lowest BCUT2D eigenvalue weighted by Crippen LogP contribution is -2.53. The predicted molar refractivity (Wildman–Crippen MR) is 133 cm³/mol. The molecule has 36 heavy (non-hydrogen) atoms. The van der Waals surface area contributed by atoms with Crippen molar-refractivity contribution >= 4 is 16.7 Å². The van der Waals surface area contributed by atoms with Crippen LogP contribution in [0.2, 0.25) is 0 Å². The third-order valence-corrected chi connectivity index (χ3v) is 8.72. The summed E-state index contributed by atoms with van der Waals surface area (Å²) in [6.07, 6.45) is 3.95. The Bertz CT molecular complexity index is 1080. The van der Waals surface area contributed by atoms with Gasteiger partial charge in [-0.15, -0.1) is 0 Å². The van der Waals surface area contributed by atoms with Gasteiger partial charge in [-0.05, 0) is 86.1 Å². The number of rotatable bonds is 6. The largest absolute Gasteiger partial charge is 0.490 e. The van der Waals surface area contributed by atoms with Crippen molar-refractivity contribution in [1.82, 2.24) is 4.90 Å². The summed E-state index contributed by atoms with van der Waals surface area (Å²) in [4.78, 5) is 14.0. The van der Waals surface area contributed by atoms with Crippen molar-refractivity contribution in [3.8, 4) is 5.75 Å². The molecule has 1 saturated carbocycles. The molecule has 0 spiro atoms. The van der Waals surface area contributed by atoms with Crippen LogP contribution in [-0.4, -0.2) is 40.7 Å². The van der Waals surface area contributed by atoms with Crippen molar-refractivity contribution in [2.24, 2.45) is 11.8 Å². The number of hydrogen-bond donors (Lipinski definition) is 1. The van der Waals surface area contributed by atoms with Crippen LogP contribution >= 0.6 is 0 Å². The second-order valence-electron chi connectivity index (χ2n) is 11.2. The van der Waals surface area contributed by atoms with E-state index in [0.717, 1.165) is 57.1 Å². The van der Waals surface area contributed by atoms with Gasteiger partial charge >= 0.3 is 12.1 Å². The number of piperidine rings is 2. The second kappa shape index (κ2) is 10.2. The molecular formula is C29H36F3NO3. The molecule has 2 aromatic rings. The Morgan fingerprint density at radius 2 is 1.69 bits per heavy atom. The van der Waals surface area contributed by atoms with E-state index in [1.54, 1.807) is 18.2 Å². The minimum absolute atomic E-state index is 0.0584. The number of nitrogens with zero attached hydrogens (tertiary/aromatic N) is 1. The van der Waals surface area contributed by atoms with E-state index in [9.17, 15) is 23.1 Å². The van der Waals surface area contributed by atoms with Crippen molar-refractivity contribution in [1.29, 1.82) is 0 Å². The van der Waals surface area contributed by atoms with Gasteiger partial charge in [-0.1, -0.05) is 37.6 Å². The third kappa shape index (κ3) is 5.36. The quantitative estimate of drug-likeness (QED) is 0.458. The molecule has 2 heterocycles. The maximum absolute atomic E-state index is 14.3. The Balaban J connectivity index is 1.37. The fraction of sp³-hybridized carbons (Fsp3) is 0.621. The lowest BCUT2D eigenvalue weighted by Gasteiger charge is -2.48. The number of halogens is 3. The third-order valence-electron chi connectivity index (χ3n) is 8.72. The summed E-state index contributed by atoms with van der Waals surface area (Å²) in [7, 11) is 0. The Morgan fingerprint density at radius 3 is 2.33 bits per heavy atom. The van der Waals surface area contributed by atoms with Gasteiger partial charge in [0.2, 0.25) is 0 Å². The van der Waals surface area contributed by atoms with E-state index >= 15 is 0 Å². The number of aliphatic carboxylic acids is 1. The first-order valence-corrected chi connectivity index (χ1v) is 13.5. The number of carboxylic acid groups (broad SMARTS) is 1. The topological polar surface area (TPSA) is 49.8 Å². The zero-order valence-corrected chi connectivity index (χ0v) is 20.9. The van der Waals surface area contributed by atoms with E-state index in [1.165, 1.54) is 6.07 Å². The number of alkyl halides is 3. The zero-order chi connectivity index (χ0) is 25.4. The molecule has 0 amide bonds. The van der Waals surface area contributed by atoms with E-state index in [-0.39, 0.29) is 35.2 Å². The normalized spacial score (nSPS) is 29.3. The summed E-state index contributed by atoms with van der Waals surface area (Å²) in [5, 5.41) is 10.3. The second-order valence-corrected chi connectivity index (χ2v) is 11.2. The minimum atomic E-state index is -4.51. The summed E-state index contributed by atoms with van der Waals surface area (Å²) < 4.78 is 48.9. The van der Waals surface area contributed by atoms with Gasteiger partial charge in [0.15, 0.2) is 0 Å². The molecule has 5 rings (SSSR count). The highest BCUT2D eigenvalue weighted by molar-refractivity contribution is 5.89. The van der Waals surface area contributed by atoms with Crippen molar-refractivity contribution in [2.45, 2.75) is 95.5 Å². The number of carbonyl (C=O) groups is 1. The van der Waals surface area contributed by atoms with Crippen LogP contribution < -0.4 is 4.74 Å². The Morgan fingerprint density at radius 1 is 1.03 bits per heavy atom. The summed E-state index contributed by atoms with van der Waals surface area (Å²) in [6.45, 7) is 2.92. The van der Waals surface area contributed by atoms with Gasteiger partial charge < -0.3 is 9.84 Å². The van der Waals surface area contributed by atoms with Crippen LogP contribution in [0.5, 0.6) is 5.75 Å². The summed E-state index contributed by atoms with van der Waals surface area (Å²) >= 11 is 0. The molecule has 3 aliphatic rings. The van der Waals surface area contributed by atoms with Crippen molar-refractivity contribution < 1.29 is 27.8 Å². The average molecular weight is 504 g/mol. The highest BCUT2D eigenvalue weighted by Crippen LogP contribution is 2.43. The molecule has 4 nitrogen and oxygen atoms in total. The fourth-order valence-electron chi connectivity index (χ4n) is 6.72. The van der Waals surface area contributed by atoms with Gasteiger partial charge in [-0.25, -0.2) is 0 Å². The number of benzene rings is 2. The molecule has 3 atom stereocenters. The average Bonchev–Trinajstić information content (AvgIpc) is 2.82. The summed E-state index contributed by atoms with van der Waals surface area (Å²) in [5.41, 5.74) is 0.203. The fourth-order valence-corrected chi connectivity index (χ4v) is 6.72. The highest BCUT2D eigenvalue weighted by Gasteiger charge is 2.40. The molecule has 2 saturated heterocycles. The molecule has 196 valence electrons. The maximum atomic E-state index is 14.3. The lowest BCUT2D eigenvalue weighted by molar-refractivity contribution is -0.146. The van der Waals surface area contributed by atoms with Gasteiger partial charge in [0.25, 0.3) is 0 Å². The molecule has 1 N–H and O–H groups in total. The molecule has 2 aliphatic heterocycles. The van der Waals surface area contributed by atoms with Crippen LogP contribution in [0.3, 0.4) is 0 Å². The first kappa shape index (κ1) is 25.4. The SMILES string of the molecule is CC1CCC(Oc2ccc3ccc(CCN4C5CCC[C@H]4CC(C(=O)O)C5)cc3c2C(F)(F)F)CC1. The van der Waals surface area contributed by atoms with Gasteiger partial charge in [0.05, 0.1) is 12.0 Å². The van der Waals surface area contributed by atoms with Crippen LogP contribution in [0, 0.1) is 11.8 Å². The van der Waals surface area contributed by atoms with Gasteiger partial charge in [-0.3, -0.25) is 9.69 Å². The molecule has 2 bridgehead atoms. The monoisotopic (exact) mass is 503 g/mol. The van der Waals surface area contributed by atoms with Crippen LogP contribution in [0.1, 0.15) is 75.8 Å². The minimum Gasteiger partial charge on any atom is -0.490 e. The van der Waals surface area contributed by atoms with E-state index < -0.39 is 17.7 Å². The Kier molecular flexibility index (Phi) is 7.21. The number of hydrogen-bond acceptors (Lipinski definition) is 3. The maximum Gasteiger partial charge on any atom is 0.420 e. The number of ether oxygens (including phenoxy) is 1. The van der Waals surface area contributed by atoms with E-state index in [4.69, 9.17) is 4.74 Å². The molecular weight excluding hydrogens is 467 g/mol. The first-order chi connectivity index (χ1) is 17.2. The van der Waals surface area contributed by atoms with Crippen molar-refractivity contribution in [3.63, 3.8) is 0 Å². The molecule has 0 radical (unpaired) electrons. The number of fused-ring (bicyclic) bond motifs is 3. The van der Waals surface area contributed by atoms with Crippen molar-refractivity contribution in [2.75, 3.05) is 6.54 Å². The van der Waals surface area contributed by atoms with Crippen LogP contribution in [0.4, 0.5) is 13.2 Å². The smallest absolute Gasteiger partial charge is 0.420 e. The van der Waals surface area contributed by atoms with E-state index in [0.29, 0.717) is 30.6 Å². The molecule has 3 fully saturated rings.